The van der Waals surface area contributed by atoms with Gasteiger partial charge in [0.2, 0.25) is 6.08 Å². The first-order chi connectivity index (χ1) is 17.5. The van der Waals surface area contributed by atoms with Crippen molar-refractivity contribution in [2.45, 2.75) is 31.0 Å². The van der Waals surface area contributed by atoms with E-state index in [9.17, 15) is 17.6 Å². The number of nitrogens with one attached hydrogen (secondary N) is 1. The molecule has 0 bridgehead atoms. The summed E-state index contributed by atoms with van der Waals surface area (Å²) < 4.78 is 104. The van der Waals surface area contributed by atoms with Crippen LogP contribution in [0.5, 0.6) is 5.75 Å². The number of anilines is 1. The van der Waals surface area contributed by atoms with E-state index in [0.29, 0.717) is 0 Å². The van der Waals surface area contributed by atoms with E-state index in [0.717, 1.165) is 22.9 Å². The molecule has 0 aliphatic carbocycles. The molecule has 1 aromatic carbocycles. The topological polar surface area (TPSA) is 78.0 Å². The van der Waals surface area contributed by atoms with Gasteiger partial charge in [0, 0.05) is 39.6 Å². The number of nitrogen functional groups attached to an aromatic ring is 1. The summed E-state index contributed by atoms with van der Waals surface area (Å²) in [6.45, 7) is -0.246. The van der Waals surface area contributed by atoms with Crippen LogP contribution in [0.3, 0.4) is 0 Å². The Morgan fingerprint density at radius 1 is 1.24 bits per heavy atom. The van der Waals surface area contributed by atoms with Crippen LogP contribution < -0.4 is 15.8 Å². The summed E-state index contributed by atoms with van der Waals surface area (Å²) in [5.41, 5.74) is 4.89. The fourth-order valence-electron chi connectivity index (χ4n) is 3.08. The van der Waals surface area contributed by atoms with Crippen LogP contribution in [0, 0.1) is 5.82 Å². The number of aromatic nitrogens is 3. The third-order valence-electron chi connectivity index (χ3n) is 4.66. The van der Waals surface area contributed by atoms with Crippen LogP contribution in [-0.2, 0) is 0 Å². The van der Waals surface area contributed by atoms with E-state index < -0.39 is 64.0 Å². The molecule has 0 spiro atoms. The minimum absolute atomic E-state index is 0.108. The summed E-state index contributed by atoms with van der Waals surface area (Å²) in [7, 11) is 0. The predicted molar refractivity (Wildman–Crippen MR) is 117 cm³/mol. The Morgan fingerprint density at radius 2 is 1.97 bits per heavy atom. The second-order valence-electron chi connectivity index (χ2n) is 6.88. The molecule has 0 saturated carbocycles. The summed E-state index contributed by atoms with van der Waals surface area (Å²) in [6.07, 6.45) is -9.75. The highest BCUT2D eigenvalue weighted by Crippen LogP contribution is 2.44. The lowest BCUT2D eigenvalue weighted by molar-refractivity contribution is -0.197. The number of nitrogens with zero attached hydrogens (tertiary/aromatic N) is 3. The van der Waals surface area contributed by atoms with E-state index in [1.165, 1.54) is 18.6 Å². The van der Waals surface area contributed by atoms with Gasteiger partial charge in [-0.1, -0.05) is 23.2 Å². The Morgan fingerprint density at radius 3 is 2.67 bits per heavy atom. The van der Waals surface area contributed by atoms with Crippen molar-refractivity contribution >= 4 is 29.0 Å². The van der Waals surface area contributed by atoms with Crippen molar-refractivity contribution < 1.29 is 29.2 Å². The van der Waals surface area contributed by atoms with Gasteiger partial charge in [-0.15, -0.1) is 0 Å². The summed E-state index contributed by atoms with van der Waals surface area (Å²) in [5.74, 6) is -2.48. The second-order valence-corrected chi connectivity index (χ2v) is 7.66. The van der Waals surface area contributed by atoms with Gasteiger partial charge in [-0.25, -0.2) is 9.37 Å². The van der Waals surface area contributed by atoms with Gasteiger partial charge in [0.15, 0.2) is 11.6 Å². The van der Waals surface area contributed by atoms with Crippen molar-refractivity contribution in [3.8, 4) is 16.9 Å². The minimum atomic E-state index is -5.46. The number of halogens is 6. The van der Waals surface area contributed by atoms with Crippen LogP contribution in [0.25, 0.3) is 11.1 Å². The molecule has 1 aliphatic rings. The molecule has 3 aromatic rings. The molecule has 3 heterocycles. The quantitative estimate of drug-likeness (QED) is 0.347. The highest BCUT2D eigenvalue weighted by molar-refractivity contribution is 6.36. The zero-order valence-corrected chi connectivity index (χ0v) is 18.1. The van der Waals surface area contributed by atoms with Crippen LogP contribution in [-0.4, -0.2) is 34.0 Å². The largest absolute Gasteiger partial charge is 0.472 e. The smallest absolute Gasteiger partial charge is 0.429 e. The Balaban J connectivity index is 1.76. The lowest BCUT2D eigenvalue weighted by Crippen LogP contribution is -2.29. The van der Waals surface area contributed by atoms with E-state index in [1.807, 2.05) is 0 Å². The molecule has 2 aromatic heterocycles. The van der Waals surface area contributed by atoms with Gasteiger partial charge in [-0.3, -0.25) is 4.68 Å². The maximum Gasteiger partial charge on any atom is 0.429 e. The van der Waals surface area contributed by atoms with E-state index >= 15 is 0 Å². The third-order valence-corrected chi connectivity index (χ3v) is 5.35. The number of ether oxygens (including phenoxy) is 1. The fraction of sp³-hybridized carbons (Fsp3) is 0.333. The molecule has 1 atom stereocenters. The molecule has 0 amide bonds. The molecule has 1 unspecified atom stereocenters. The minimum Gasteiger partial charge on any atom is -0.472 e. The molecule has 3 N–H and O–H groups in total. The first-order valence-electron chi connectivity index (χ1n) is 11.9. The molecular formula is C21H19Cl2F4N5O. The third kappa shape index (κ3) is 5.02. The summed E-state index contributed by atoms with van der Waals surface area (Å²) >= 11 is 11.6. The van der Waals surface area contributed by atoms with E-state index in [-0.39, 0.29) is 24.2 Å². The lowest BCUT2D eigenvalue weighted by atomic mass is 10.1. The molecule has 1 saturated heterocycles. The van der Waals surface area contributed by atoms with Gasteiger partial charge in [0.1, 0.15) is 5.82 Å². The van der Waals surface area contributed by atoms with Gasteiger partial charge < -0.3 is 15.8 Å². The number of pyridine rings is 1. The van der Waals surface area contributed by atoms with E-state index in [1.54, 1.807) is 0 Å². The van der Waals surface area contributed by atoms with E-state index in [2.05, 4.69) is 15.4 Å². The van der Waals surface area contributed by atoms with Crippen molar-refractivity contribution in [3.05, 3.63) is 58.2 Å². The Hall–Kier alpha value is -2.56. The van der Waals surface area contributed by atoms with Crippen LogP contribution in [0.4, 0.5) is 23.4 Å². The molecule has 12 heteroatoms. The normalized spacial score (nSPS) is 22.3. The van der Waals surface area contributed by atoms with Gasteiger partial charge in [0.25, 0.3) is 0 Å². The van der Waals surface area contributed by atoms with Crippen LogP contribution >= 0.6 is 23.2 Å². The van der Waals surface area contributed by atoms with Crippen molar-refractivity contribution in [3.63, 3.8) is 0 Å². The van der Waals surface area contributed by atoms with Crippen molar-refractivity contribution in [1.29, 1.82) is 0 Å². The molecule has 6 nitrogen and oxygen atoms in total. The fourth-order valence-corrected chi connectivity index (χ4v) is 3.62. The SMILES string of the molecule is [2H]C1([2H])CNCC([2H])([2H])C1n1cc(-c2cnc(N)c(OC([2H])(c3c(Cl)ccc(F)c3Cl)C(F)(F)F)c2)cn1. The van der Waals surface area contributed by atoms with E-state index in [4.69, 9.17) is 40.5 Å². The number of alkyl halides is 3. The molecule has 0 radical (unpaired) electrons. The average molecular weight is 509 g/mol. The zero-order valence-electron chi connectivity index (χ0n) is 21.6. The zero-order chi connectivity index (χ0) is 28.3. The maximum absolute atomic E-state index is 14.2. The van der Waals surface area contributed by atoms with Gasteiger partial charge in [-0.2, -0.15) is 18.3 Å². The second kappa shape index (κ2) is 9.36. The number of hydrogen-bond acceptors (Lipinski definition) is 5. The van der Waals surface area contributed by atoms with Crippen molar-refractivity contribution in [2.24, 2.45) is 0 Å². The number of rotatable bonds is 5. The summed E-state index contributed by atoms with van der Waals surface area (Å²) in [4.78, 5) is 3.82. The molecule has 176 valence electrons. The van der Waals surface area contributed by atoms with Gasteiger partial charge in [-0.05, 0) is 44.0 Å². The number of piperidine rings is 1. The van der Waals surface area contributed by atoms with Crippen LogP contribution in [0.2, 0.25) is 10.0 Å². The Kier molecular flexibility index (Phi) is 5.06. The number of hydrogen-bond donors (Lipinski definition) is 2. The van der Waals surface area contributed by atoms with Crippen LogP contribution in [0.15, 0.2) is 36.8 Å². The van der Waals surface area contributed by atoms with Gasteiger partial charge >= 0.3 is 6.18 Å². The standard InChI is InChI=1S/C21H19Cl2F4N5O/c22-14-1-2-15(24)18(23)17(14)19(21(25,26)27)33-16-7-11(8-30-20(16)28)12-9-31-32(10-12)13-3-5-29-6-4-13/h1-2,7-10,13,19,29H,3-6H2,(H2,28,30)/i3D2,4D2,19D. The lowest BCUT2D eigenvalue weighted by Gasteiger charge is -2.24. The predicted octanol–water partition coefficient (Wildman–Crippen LogP) is 5.58. The number of nitrogens with two attached hydrogens (primary N) is 1. The monoisotopic (exact) mass is 508 g/mol. The summed E-state index contributed by atoms with van der Waals surface area (Å²) in [6, 6.07) is 1.27. The van der Waals surface area contributed by atoms with Crippen LogP contribution in [0.1, 0.15) is 37.3 Å². The molecule has 1 aliphatic heterocycles. The first-order valence-corrected chi connectivity index (χ1v) is 10.1. The maximum atomic E-state index is 14.2. The Bertz CT molecular complexity index is 1360. The molecule has 1 fully saturated rings. The highest BCUT2D eigenvalue weighted by atomic mass is 35.5. The average Bonchev–Trinajstić information content (AvgIpc) is 3.25. The molecule has 33 heavy (non-hydrogen) atoms. The highest BCUT2D eigenvalue weighted by Gasteiger charge is 2.46. The number of benzene rings is 1. The summed E-state index contributed by atoms with van der Waals surface area (Å²) in [5, 5.41) is 5.04. The van der Waals surface area contributed by atoms with Crippen molar-refractivity contribution in [1.82, 2.24) is 20.1 Å². The molecular weight excluding hydrogens is 485 g/mol. The van der Waals surface area contributed by atoms with Gasteiger partial charge in [0.05, 0.1) is 18.6 Å². The van der Waals surface area contributed by atoms with Crippen molar-refractivity contribution in [2.75, 3.05) is 18.8 Å². The first kappa shape index (κ1) is 17.9. The molecule has 4 rings (SSSR count). The Labute approximate surface area is 203 Å².